The quantitative estimate of drug-likeness (QED) is 0.810. The fourth-order valence-electron chi connectivity index (χ4n) is 1.89. The zero-order chi connectivity index (χ0) is 13.1. The van der Waals surface area contributed by atoms with Crippen molar-refractivity contribution in [2.75, 3.05) is 0 Å². The number of nitrogens with one attached hydrogen (secondary N) is 1. The molecule has 0 saturated heterocycles. The first-order chi connectivity index (χ1) is 8.58. The zero-order valence-corrected chi connectivity index (χ0v) is 10.3. The SMILES string of the molecule is CC(C)Cc1ncnc2[nH]cc(/C=C/C(=O)O)c12. The van der Waals surface area contributed by atoms with Crippen LogP contribution in [0.2, 0.25) is 0 Å². The van der Waals surface area contributed by atoms with E-state index in [1.165, 1.54) is 6.33 Å². The van der Waals surface area contributed by atoms with Crippen molar-refractivity contribution in [2.24, 2.45) is 5.92 Å². The molecule has 0 amide bonds. The van der Waals surface area contributed by atoms with Gasteiger partial charge in [0.2, 0.25) is 0 Å². The molecule has 0 aromatic carbocycles. The fraction of sp³-hybridized carbons (Fsp3) is 0.308. The number of carbonyl (C=O) groups is 1. The van der Waals surface area contributed by atoms with Crippen LogP contribution < -0.4 is 0 Å². The van der Waals surface area contributed by atoms with Gasteiger partial charge in [-0.15, -0.1) is 0 Å². The van der Waals surface area contributed by atoms with Crippen molar-refractivity contribution in [3.63, 3.8) is 0 Å². The van der Waals surface area contributed by atoms with E-state index in [9.17, 15) is 4.79 Å². The third-order valence-corrected chi connectivity index (χ3v) is 2.59. The van der Waals surface area contributed by atoms with Gasteiger partial charge in [-0.05, 0) is 18.4 Å². The maximum Gasteiger partial charge on any atom is 0.328 e. The average Bonchev–Trinajstić information content (AvgIpc) is 2.70. The van der Waals surface area contributed by atoms with Gasteiger partial charge in [-0.25, -0.2) is 14.8 Å². The van der Waals surface area contributed by atoms with E-state index < -0.39 is 5.97 Å². The molecule has 2 heterocycles. The van der Waals surface area contributed by atoms with Crippen molar-refractivity contribution in [1.29, 1.82) is 0 Å². The Hall–Kier alpha value is -2.17. The smallest absolute Gasteiger partial charge is 0.328 e. The van der Waals surface area contributed by atoms with Crippen LogP contribution in [0.3, 0.4) is 0 Å². The van der Waals surface area contributed by atoms with E-state index in [0.29, 0.717) is 5.92 Å². The summed E-state index contributed by atoms with van der Waals surface area (Å²) in [6.45, 7) is 4.24. The van der Waals surface area contributed by atoms with Crippen molar-refractivity contribution in [3.8, 4) is 0 Å². The van der Waals surface area contributed by atoms with Gasteiger partial charge < -0.3 is 10.1 Å². The number of hydrogen-bond acceptors (Lipinski definition) is 3. The molecule has 0 aliphatic rings. The molecule has 0 spiro atoms. The average molecular weight is 245 g/mol. The fourth-order valence-corrected chi connectivity index (χ4v) is 1.89. The molecular formula is C13H15N3O2. The summed E-state index contributed by atoms with van der Waals surface area (Å²) < 4.78 is 0. The lowest BCUT2D eigenvalue weighted by molar-refractivity contribution is -0.131. The van der Waals surface area contributed by atoms with Gasteiger partial charge >= 0.3 is 5.97 Å². The minimum Gasteiger partial charge on any atom is -0.478 e. The van der Waals surface area contributed by atoms with Crippen LogP contribution in [0.5, 0.6) is 0 Å². The topological polar surface area (TPSA) is 78.9 Å². The van der Waals surface area contributed by atoms with Gasteiger partial charge in [0.05, 0.1) is 5.69 Å². The summed E-state index contributed by atoms with van der Waals surface area (Å²) in [4.78, 5) is 22.0. The van der Waals surface area contributed by atoms with Crippen molar-refractivity contribution in [2.45, 2.75) is 20.3 Å². The molecule has 0 unspecified atom stereocenters. The lowest BCUT2D eigenvalue weighted by Gasteiger charge is -2.05. The summed E-state index contributed by atoms with van der Waals surface area (Å²) in [6.07, 6.45) is 6.80. The molecule has 0 fully saturated rings. The van der Waals surface area contributed by atoms with Gasteiger partial charge in [0.15, 0.2) is 0 Å². The van der Waals surface area contributed by atoms with E-state index in [1.54, 1.807) is 12.3 Å². The number of nitrogens with zero attached hydrogens (tertiary/aromatic N) is 2. The van der Waals surface area contributed by atoms with E-state index in [0.717, 1.165) is 34.8 Å². The van der Waals surface area contributed by atoms with Crippen LogP contribution in [0.15, 0.2) is 18.6 Å². The summed E-state index contributed by atoms with van der Waals surface area (Å²) in [5.74, 6) is -0.485. The van der Waals surface area contributed by atoms with E-state index in [2.05, 4.69) is 28.8 Å². The normalized spacial score (nSPS) is 11.7. The number of aliphatic carboxylic acids is 1. The van der Waals surface area contributed by atoms with Crippen LogP contribution in [0.4, 0.5) is 0 Å². The standard InChI is InChI=1S/C13H15N3O2/c1-8(2)5-10-12-9(3-4-11(17)18)6-14-13(12)16-7-15-10/h3-4,6-8H,5H2,1-2H3,(H,17,18)(H,14,15,16)/b4-3+. The first kappa shape index (κ1) is 12.3. The number of carboxylic acids is 1. The Balaban J connectivity index is 2.51. The predicted molar refractivity (Wildman–Crippen MR) is 69.1 cm³/mol. The molecule has 2 N–H and O–H groups in total. The molecular weight excluding hydrogens is 230 g/mol. The Morgan fingerprint density at radius 2 is 2.28 bits per heavy atom. The Kier molecular flexibility index (Phi) is 3.41. The molecule has 0 aliphatic heterocycles. The minimum atomic E-state index is -0.966. The third kappa shape index (κ3) is 2.56. The van der Waals surface area contributed by atoms with Gasteiger partial charge in [0.1, 0.15) is 12.0 Å². The van der Waals surface area contributed by atoms with Crippen LogP contribution >= 0.6 is 0 Å². The summed E-state index contributed by atoms with van der Waals surface area (Å²) in [5, 5.41) is 9.58. The second-order valence-electron chi connectivity index (χ2n) is 4.56. The monoisotopic (exact) mass is 245 g/mol. The highest BCUT2D eigenvalue weighted by Crippen LogP contribution is 2.22. The van der Waals surface area contributed by atoms with Crippen molar-refractivity contribution in [3.05, 3.63) is 29.9 Å². The molecule has 2 aromatic heterocycles. The van der Waals surface area contributed by atoms with Crippen LogP contribution in [-0.4, -0.2) is 26.0 Å². The molecule has 2 rings (SSSR count). The van der Waals surface area contributed by atoms with Gasteiger partial charge in [0.25, 0.3) is 0 Å². The summed E-state index contributed by atoms with van der Waals surface area (Å²) in [6, 6.07) is 0. The Morgan fingerprint density at radius 3 is 2.94 bits per heavy atom. The van der Waals surface area contributed by atoms with Crippen LogP contribution in [0.25, 0.3) is 17.1 Å². The maximum atomic E-state index is 10.6. The lowest BCUT2D eigenvalue weighted by atomic mass is 10.0. The molecule has 0 atom stereocenters. The summed E-state index contributed by atoms with van der Waals surface area (Å²) in [5.41, 5.74) is 2.50. The lowest BCUT2D eigenvalue weighted by Crippen LogP contribution is -1.99. The number of aromatic nitrogens is 3. The highest BCUT2D eigenvalue weighted by Gasteiger charge is 2.10. The van der Waals surface area contributed by atoms with E-state index in [-0.39, 0.29) is 0 Å². The highest BCUT2D eigenvalue weighted by atomic mass is 16.4. The first-order valence-corrected chi connectivity index (χ1v) is 5.80. The second kappa shape index (κ2) is 5.00. The maximum absolute atomic E-state index is 10.6. The highest BCUT2D eigenvalue weighted by molar-refractivity contribution is 5.93. The molecule has 0 radical (unpaired) electrons. The number of rotatable bonds is 4. The van der Waals surface area contributed by atoms with Gasteiger partial charge in [0, 0.05) is 23.2 Å². The Bertz CT molecular complexity index is 599. The van der Waals surface area contributed by atoms with E-state index in [4.69, 9.17) is 5.11 Å². The number of fused-ring (bicyclic) bond motifs is 1. The van der Waals surface area contributed by atoms with Crippen LogP contribution in [-0.2, 0) is 11.2 Å². The Morgan fingerprint density at radius 1 is 1.50 bits per heavy atom. The molecule has 0 bridgehead atoms. The number of carboxylic acid groups (broad SMARTS) is 1. The van der Waals surface area contributed by atoms with E-state index in [1.807, 2.05) is 0 Å². The molecule has 0 aliphatic carbocycles. The molecule has 5 nitrogen and oxygen atoms in total. The Labute approximate surface area is 105 Å². The first-order valence-electron chi connectivity index (χ1n) is 5.80. The van der Waals surface area contributed by atoms with Gasteiger partial charge in [-0.3, -0.25) is 0 Å². The van der Waals surface area contributed by atoms with Crippen molar-refractivity contribution >= 4 is 23.1 Å². The zero-order valence-electron chi connectivity index (χ0n) is 10.3. The van der Waals surface area contributed by atoms with Crippen LogP contribution in [0.1, 0.15) is 25.1 Å². The summed E-state index contributed by atoms with van der Waals surface area (Å²) in [7, 11) is 0. The third-order valence-electron chi connectivity index (χ3n) is 2.59. The molecule has 5 heteroatoms. The predicted octanol–water partition coefficient (Wildman–Crippen LogP) is 2.25. The number of hydrogen-bond donors (Lipinski definition) is 2. The van der Waals surface area contributed by atoms with Crippen LogP contribution in [0, 0.1) is 5.92 Å². The molecule has 2 aromatic rings. The van der Waals surface area contributed by atoms with E-state index >= 15 is 0 Å². The van der Waals surface area contributed by atoms with Crippen molar-refractivity contribution < 1.29 is 9.90 Å². The largest absolute Gasteiger partial charge is 0.478 e. The second-order valence-corrected chi connectivity index (χ2v) is 4.56. The molecule has 94 valence electrons. The van der Waals surface area contributed by atoms with Gasteiger partial charge in [-0.2, -0.15) is 0 Å². The van der Waals surface area contributed by atoms with Crippen molar-refractivity contribution in [1.82, 2.24) is 15.0 Å². The minimum absolute atomic E-state index is 0.481. The number of H-pyrrole nitrogens is 1. The summed E-state index contributed by atoms with van der Waals surface area (Å²) >= 11 is 0. The molecule has 18 heavy (non-hydrogen) atoms. The van der Waals surface area contributed by atoms with Gasteiger partial charge in [-0.1, -0.05) is 13.8 Å². The molecule has 0 saturated carbocycles. The number of aromatic amines is 1.